The number of esters is 1. The van der Waals surface area contributed by atoms with E-state index in [-0.39, 0.29) is 16.9 Å². The molecule has 0 aliphatic carbocycles. The lowest BCUT2D eigenvalue weighted by molar-refractivity contribution is 0.0600. The van der Waals surface area contributed by atoms with Crippen LogP contribution in [0.1, 0.15) is 32.1 Å². The normalized spacial score (nSPS) is 10.5. The molecule has 1 N–H and O–H groups in total. The number of hydrogen-bond donors (Lipinski definition) is 1. The van der Waals surface area contributed by atoms with Crippen molar-refractivity contribution in [3.05, 3.63) is 77.4 Å². The van der Waals surface area contributed by atoms with Crippen LogP contribution in [0.4, 0.5) is 5.13 Å². The summed E-state index contributed by atoms with van der Waals surface area (Å²) in [6.45, 7) is 1.91. The van der Waals surface area contributed by atoms with Crippen LogP contribution < -0.4 is 14.8 Å². The molecule has 0 saturated carbocycles. The van der Waals surface area contributed by atoms with E-state index in [0.29, 0.717) is 28.1 Å². The molecule has 1 amide bonds. The van der Waals surface area contributed by atoms with Crippen LogP contribution in [0.2, 0.25) is 0 Å². The first-order valence-corrected chi connectivity index (χ1v) is 11.2. The topological polar surface area (TPSA) is 125 Å². The second-order valence-corrected chi connectivity index (χ2v) is 8.15. The molecule has 4 aromatic rings. The second-order valence-electron chi connectivity index (χ2n) is 7.21. The number of carbonyl (C=O) groups excluding carboxylic acids is 2. The summed E-state index contributed by atoms with van der Waals surface area (Å²) in [6, 6.07) is 12.4. The van der Waals surface area contributed by atoms with Gasteiger partial charge in [0.2, 0.25) is 5.13 Å². The maximum Gasteiger partial charge on any atom is 0.337 e. The summed E-state index contributed by atoms with van der Waals surface area (Å²) >= 11 is 1.06. The largest absolute Gasteiger partial charge is 0.496 e. The number of benzene rings is 1. The molecule has 178 valence electrons. The molecular formula is C24H21N5O5S. The number of para-hydroxylation sites is 1. The standard InChI is InChI=1S/C24H21N5O5S/c1-14-10-18(17-6-4-5-7-20(17)32-2)19(12-26-14)21(30)27-23-28-29-24(35-23)34-13-16-11-15(8-9-25-16)22(31)33-3/h4-12H,13H2,1-3H3,(H,27,28,30). The Morgan fingerprint density at radius 3 is 2.66 bits per heavy atom. The molecule has 0 radical (unpaired) electrons. The van der Waals surface area contributed by atoms with Gasteiger partial charge in [0.15, 0.2) is 0 Å². The van der Waals surface area contributed by atoms with Crippen LogP contribution in [0.15, 0.2) is 54.9 Å². The fraction of sp³-hybridized carbons (Fsp3) is 0.167. The first-order chi connectivity index (χ1) is 17.0. The highest BCUT2D eigenvalue weighted by Gasteiger charge is 2.19. The lowest BCUT2D eigenvalue weighted by Crippen LogP contribution is -2.14. The summed E-state index contributed by atoms with van der Waals surface area (Å²) in [5, 5.41) is 11.2. The van der Waals surface area contributed by atoms with Gasteiger partial charge in [-0.05, 0) is 42.5 Å². The molecule has 35 heavy (non-hydrogen) atoms. The smallest absolute Gasteiger partial charge is 0.337 e. The van der Waals surface area contributed by atoms with E-state index < -0.39 is 11.9 Å². The van der Waals surface area contributed by atoms with Crippen LogP contribution in [0.25, 0.3) is 11.1 Å². The van der Waals surface area contributed by atoms with E-state index in [1.54, 1.807) is 19.2 Å². The van der Waals surface area contributed by atoms with Crippen molar-refractivity contribution in [2.75, 3.05) is 19.5 Å². The third-order valence-electron chi connectivity index (χ3n) is 4.89. The van der Waals surface area contributed by atoms with E-state index in [4.69, 9.17) is 14.2 Å². The Hall–Kier alpha value is -4.38. The minimum absolute atomic E-state index is 0.0627. The summed E-state index contributed by atoms with van der Waals surface area (Å²) in [7, 11) is 2.89. The number of amides is 1. The van der Waals surface area contributed by atoms with Crippen molar-refractivity contribution in [3.63, 3.8) is 0 Å². The van der Waals surface area contributed by atoms with Crippen LogP contribution in [0, 0.1) is 6.92 Å². The number of aryl methyl sites for hydroxylation is 1. The van der Waals surface area contributed by atoms with Gasteiger partial charge in [0, 0.05) is 29.2 Å². The first kappa shape index (κ1) is 23.8. The van der Waals surface area contributed by atoms with Gasteiger partial charge in [-0.2, -0.15) is 0 Å². The van der Waals surface area contributed by atoms with Crippen LogP contribution in [0.3, 0.4) is 0 Å². The van der Waals surface area contributed by atoms with Gasteiger partial charge in [-0.3, -0.25) is 20.1 Å². The number of ether oxygens (including phenoxy) is 3. The molecule has 0 unspecified atom stereocenters. The van der Waals surface area contributed by atoms with E-state index in [9.17, 15) is 9.59 Å². The maximum absolute atomic E-state index is 13.1. The van der Waals surface area contributed by atoms with Gasteiger partial charge in [-0.1, -0.05) is 23.3 Å². The number of methoxy groups -OCH3 is 2. The lowest BCUT2D eigenvalue weighted by Gasteiger charge is -2.13. The average Bonchev–Trinajstić information content (AvgIpc) is 3.34. The van der Waals surface area contributed by atoms with Crippen molar-refractivity contribution >= 4 is 28.3 Å². The molecule has 10 nitrogen and oxygen atoms in total. The summed E-state index contributed by atoms with van der Waals surface area (Å²) in [5.41, 5.74) is 3.46. The number of anilines is 1. The zero-order chi connectivity index (χ0) is 24.8. The SMILES string of the molecule is COC(=O)c1ccnc(COc2nnc(NC(=O)c3cnc(C)cc3-c3ccccc3OC)s2)c1. The van der Waals surface area contributed by atoms with E-state index in [0.717, 1.165) is 22.6 Å². The van der Waals surface area contributed by atoms with Crippen molar-refractivity contribution < 1.29 is 23.8 Å². The zero-order valence-corrected chi connectivity index (χ0v) is 20.0. The monoisotopic (exact) mass is 491 g/mol. The van der Waals surface area contributed by atoms with Crippen molar-refractivity contribution in [1.82, 2.24) is 20.2 Å². The molecule has 3 heterocycles. The van der Waals surface area contributed by atoms with Crippen LogP contribution in [-0.4, -0.2) is 46.3 Å². The quantitative estimate of drug-likeness (QED) is 0.365. The predicted molar refractivity (Wildman–Crippen MR) is 129 cm³/mol. The molecule has 11 heteroatoms. The van der Waals surface area contributed by atoms with Crippen molar-refractivity contribution in [1.29, 1.82) is 0 Å². The Balaban J connectivity index is 1.48. The number of hydrogen-bond acceptors (Lipinski definition) is 10. The Morgan fingerprint density at radius 2 is 1.86 bits per heavy atom. The molecule has 0 fully saturated rings. The Labute approximate surface area is 204 Å². The number of nitrogens with zero attached hydrogens (tertiary/aromatic N) is 4. The third-order valence-corrected chi connectivity index (χ3v) is 5.64. The third kappa shape index (κ3) is 5.58. The molecule has 0 aliphatic rings. The average molecular weight is 492 g/mol. The number of nitrogens with one attached hydrogen (secondary N) is 1. The maximum atomic E-state index is 13.1. The summed E-state index contributed by atoms with van der Waals surface area (Å²) in [4.78, 5) is 33.2. The zero-order valence-electron chi connectivity index (χ0n) is 19.1. The summed E-state index contributed by atoms with van der Waals surface area (Å²) < 4.78 is 15.8. The first-order valence-electron chi connectivity index (χ1n) is 10.4. The summed E-state index contributed by atoms with van der Waals surface area (Å²) in [6.07, 6.45) is 3.01. The van der Waals surface area contributed by atoms with Gasteiger partial charge in [0.05, 0.1) is 31.0 Å². The van der Waals surface area contributed by atoms with Crippen molar-refractivity contribution in [2.45, 2.75) is 13.5 Å². The van der Waals surface area contributed by atoms with Gasteiger partial charge in [-0.25, -0.2) is 4.79 Å². The van der Waals surface area contributed by atoms with E-state index >= 15 is 0 Å². The van der Waals surface area contributed by atoms with E-state index in [1.807, 2.05) is 37.3 Å². The Kier molecular flexibility index (Phi) is 7.27. The highest BCUT2D eigenvalue weighted by molar-refractivity contribution is 7.17. The highest BCUT2D eigenvalue weighted by Crippen LogP contribution is 2.33. The minimum atomic E-state index is -0.465. The predicted octanol–water partition coefficient (Wildman–Crippen LogP) is 3.93. The number of carbonyl (C=O) groups is 2. The van der Waals surface area contributed by atoms with Crippen LogP contribution in [-0.2, 0) is 11.3 Å². The van der Waals surface area contributed by atoms with Gasteiger partial charge >= 0.3 is 5.97 Å². The molecular weight excluding hydrogens is 470 g/mol. The van der Waals surface area contributed by atoms with E-state index in [1.165, 1.54) is 19.5 Å². The lowest BCUT2D eigenvalue weighted by atomic mass is 9.99. The molecule has 4 rings (SSSR count). The molecule has 1 aromatic carbocycles. The Bertz CT molecular complexity index is 1370. The second kappa shape index (κ2) is 10.7. The van der Waals surface area contributed by atoms with Crippen molar-refractivity contribution in [3.8, 4) is 22.1 Å². The van der Waals surface area contributed by atoms with Gasteiger partial charge in [0.25, 0.3) is 11.1 Å². The number of rotatable bonds is 8. The fourth-order valence-corrected chi connectivity index (χ4v) is 3.84. The van der Waals surface area contributed by atoms with Crippen LogP contribution >= 0.6 is 11.3 Å². The molecule has 0 spiro atoms. The van der Waals surface area contributed by atoms with Crippen molar-refractivity contribution in [2.24, 2.45) is 0 Å². The molecule has 0 aliphatic heterocycles. The number of aromatic nitrogens is 4. The minimum Gasteiger partial charge on any atom is -0.496 e. The van der Waals surface area contributed by atoms with Gasteiger partial charge in [0.1, 0.15) is 12.4 Å². The Morgan fingerprint density at radius 1 is 1.03 bits per heavy atom. The van der Waals surface area contributed by atoms with Crippen LogP contribution in [0.5, 0.6) is 10.9 Å². The molecule has 0 bridgehead atoms. The number of pyridine rings is 2. The molecule has 3 aromatic heterocycles. The van der Waals surface area contributed by atoms with Gasteiger partial charge < -0.3 is 14.2 Å². The summed E-state index contributed by atoms with van der Waals surface area (Å²) in [5.74, 6) is -0.218. The fourth-order valence-electron chi connectivity index (χ4n) is 3.25. The van der Waals surface area contributed by atoms with Gasteiger partial charge in [-0.15, -0.1) is 5.10 Å². The molecule has 0 saturated heterocycles. The highest BCUT2D eigenvalue weighted by atomic mass is 32.1. The van der Waals surface area contributed by atoms with E-state index in [2.05, 4.69) is 25.5 Å². The molecule has 0 atom stereocenters.